The third kappa shape index (κ3) is 13.3. The van der Waals surface area contributed by atoms with Crippen molar-refractivity contribution < 1.29 is 51.2 Å². The minimum absolute atomic E-state index is 0.0192. The molecule has 7 aliphatic rings. The van der Waals surface area contributed by atoms with Crippen molar-refractivity contribution in [1.29, 1.82) is 0 Å². The number of methoxy groups -OCH3 is 1. The van der Waals surface area contributed by atoms with Gasteiger partial charge < -0.3 is 23.7 Å². The number of halogens is 3. The Morgan fingerprint density at radius 1 is 0.745 bits per heavy atom. The highest BCUT2D eigenvalue weighted by molar-refractivity contribution is 5.82. The van der Waals surface area contributed by atoms with E-state index in [2.05, 4.69) is 43.5 Å². The number of carbonyl (C=O) groups is 3. The zero-order chi connectivity index (χ0) is 41.2. The largest absolute Gasteiger partial charge is 0.457 e. The van der Waals surface area contributed by atoms with Gasteiger partial charge in [0.15, 0.2) is 5.60 Å². The van der Waals surface area contributed by atoms with Crippen molar-refractivity contribution in [3.8, 4) is 0 Å². The van der Waals surface area contributed by atoms with E-state index in [1.165, 1.54) is 70.6 Å². The molecule has 0 amide bonds. The minimum atomic E-state index is -4.36. The molecule has 0 heterocycles. The van der Waals surface area contributed by atoms with Crippen LogP contribution in [0.4, 0.5) is 13.2 Å². The van der Waals surface area contributed by atoms with E-state index in [0.29, 0.717) is 23.7 Å². The van der Waals surface area contributed by atoms with Crippen LogP contribution in [0.2, 0.25) is 0 Å². The topological polar surface area (TPSA) is 97.4 Å². The van der Waals surface area contributed by atoms with Crippen LogP contribution < -0.4 is 0 Å². The predicted octanol–water partition coefficient (Wildman–Crippen LogP) is 10.4. The molecule has 0 aromatic carbocycles. The van der Waals surface area contributed by atoms with Gasteiger partial charge in [-0.3, -0.25) is 0 Å². The van der Waals surface area contributed by atoms with Crippen LogP contribution in [-0.4, -0.2) is 60.4 Å². The smallest absolute Gasteiger partial charge is 0.417 e. The molecule has 0 aromatic rings. The van der Waals surface area contributed by atoms with Crippen molar-refractivity contribution in [2.75, 3.05) is 13.9 Å². The summed E-state index contributed by atoms with van der Waals surface area (Å²) in [5.41, 5.74) is -2.92. The van der Waals surface area contributed by atoms with Crippen LogP contribution in [-0.2, 0) is 38.1 Å². The van der Waals surface area contributed by atoms with Gasteiger partial charge in [0.05, 0.1) is 0 Å². The predicted molar refractivity (Wildman–Crippen MR) is 206 cm³/mol. The van der Waals surface area contributed by atoms with Crippen molar-refractivity contribution in [3.63, 3.8) is 0 Å². The van der Waals surface area contributed by atoms with Gasteiger partial charge in [0.1, 0.15) is 23.6 Å². The molecule has 55 heavy (non-hydrogen) atoms. The summed E-state index contributed by atoms with van der Waals surface area (Å²) in [6, 6.07) is 0. The number of esters is 3. The van der Waals surface area contributed by atoms with E-state index in [1.807, 2.05) is 27.7 Å². The van der Waals surface area contributed by atoms with Crippen molar-refractivity contribution >= 4 is 17.9 Å². The lowest BCUT2D eigenvalue weighted by molar-refractivity contribution is -0.295. The number of hydrogen-bond acceptors (Lipinski definition) is 8. The van der Waals surface area contributed by atoms with Crippen LogP contribution in [0, 0.1) is 41.4 Å². The lowest BCUT2D eigenvalue weighted by atomic mass is 9.50. The summed E-state index contributed by atoms with van der Waals surface area (Å²) in [5.74, 6) is 2.97. The summed E-state index contributed by atoms with van der Waals surface area (Å²) in [7, 11) is 1.33. The molecule has 0 saturated heterocycles. The monoisotopic (exact) mass is 780 g/mol. The second-order valence-electron chi connectivity index (χ2n) is 18.0. The Kier molecular flexibility index (Phi) is 16.5. The number of fused-ring (bicyclic) bond motifs is 2. The lowest BCUT2D eigenvalue weighted by Crippen LogP contribution is -2.57. The van der Waals surface area contributed by atoms with E-state index in [-0.39, 0.29) is 48.2 Å². The Balaban J connectivity index is 0.000000203. The van der Waals surface area contributed by atoms with Crippen LogP contribution in [0.1, 0.15) is 125 Å². The maximum atomic E-state index is 13.1. The van der Waals surface area contributed by atoms with E-state index in [0.717, 1.165) is 50.5 Å². The van der Waals surface area contributed by atoms with Crippen LogP contribution >= 0.6 is 0 Å². The summed E-state index contributed by atoms with van der Waals surface area (Å²) in [6.07, 6.45) is 17.5. The van der Waals surface area contributed by atoms with Crippen molar-refractivity contribution in [2.24, 2.45) is 41.4 Å². The van der Waals surface area contributed by atoms with Gasteiger partial charge in [-0.15, -0.1) is 0 Å². The normalized spacial score (nSPS) is 31.8. The second-order valence-corrected chi connectivity index (χ2v) is 18.0. The molecule has 4 atom stereocenters. The lowest BCUT2D eigenvalue weighted by Gasteiger charge is -2.58. The Bertz CT molecular complexity index is 1330. The number of hydrogen-bond donors (Lipinski definition) is 0. The standard InChI is InChI=1S/C14H20O2.C13H19F3O2.C10H16O2.C7H12O2/c1-3-13(15)16-14(2)11-5-9-4-10(7-11)8-12(14)6-9;1-12(13(14,15)16,18-8-17-2)7-11-6-9-3-4-10(11)5-9;1-3-9(11)12-10(2)7-5-4-6-8-10;1-5-6(8)9-7(2,3)4/h3,9-12H,1,4-8H2,2H3;3-4,9-11H,5-8H2,1-2H3;3H,1,4-8H2,2H3;5H,1H2,2-4H3. The van der Waals surface area contributed by atoms with Gasteiger partial charge >= 0.3 is 24.1 Å². The maximum Gasteiger partial charge on any atom is 0.417 e. The molecule has 0 N–H and O–H groups in total. The number of ether oxygens (including phenoxy) is 5. The third-order valence-electron chi connectivity index (χ3n) is 12.4. The zero-order valence-corrected chi connectivity index (χ0v) is 34.3. The Morgan fingerprint density at radius 2 is 1.27 bits per heavy atom. The summed E-state index contributed by atoms with van der Waals surface area (Å²) < 4.78 is 64.7. The van der Waals surface area contributed by atoms with Gasteiger partial charge in [-0.25, -0.2) is 14.4 Å². The van der Waals surface area contributed by atoms with E-state index >= 15 is 0 Å². The van der Waals surface area contributed by atoms with E-state index in [9.17, 15) is 27.6 Å². The fourth-order valence-corrected chi connectivity index (χ4v) is 9.65. The van der Waals surface area contributed by atoms with Gasteiger partial charge in [-0.05, 0) is 160 Å². The first-order chi connectivity index (χ1) is 25.6. The Hall–Kier alpha value is -2.92. The highest BCUT2D eigenvalue weighted by Crippen LogP contribution is 2.59. The van der Waals surface area contributed by atoms with Gasteiger partial charge in [0.25, 0.3) is 0 Å². The van der Waals surface area contributed by atoms with E-state index < -0.39 is 17.4 Å². The molecular formula is C44H67F3O8. The fraction of sp³-hybridized carbons (Fsp3) is 0.750. The van der Waals surface area contributed by atoms with Crippen molar-refractivity contribution in [2.45, 2.75) is 154 Å². The maximum absolute atomic E-state index is 13.1. The van der Waals surface area contributed by atoms with E-state index in [1.54, 1.807) is 0 Å². The first-order valence-corrected chi connectivity index (χ1v) is 20.0. The first kappa shape index (κ1) is 46.5. The molecule has 6 fully saturated rings. The van der Waals surface area contributed by atoms with Gasteiger partial charge in [-0.2, -0.15) is 13.2 Å². The molecule has 312 valence electrons. The summed E-state index contributed by atoms with van der Waals surface area (Å²) >= 11 is 0. The average molecular weight is 781 g/mol. The molecule has 0 aromatic heterocycles. The Labute approximate surface area is 327 Å². The molecule has 11 heteroatoms. The Morgan fingerprint density at radius 3 is 1.67 bits per heavy atom. The second kappa shape index (κ2) is 19.5. The van der Waals surface area contributed by atoms with Crippen molar-refractivity contribution in [3.05, 3.63) is 50.1 Å². The quantitative estimate of drug-likeness (QED) is 0.0711. The summed E-state index contributed by atoms with van der Waals surface area (Å²) in [5, 5.41) is 0. The molecule has 4 unspecified atom stereocenters. The molecule has 0 spiro atoms. The molecule has 7 rings (SSSR count). The average Bonchev–Trinajstić information content (AvgIpc) is 3.73. The van der Waals surface area contributed by atoms with Gasteiger partial charge in [0, 0.05) is 25.3 Å². The molecule has 6 saturated carbocycles. The zero-order valence-electron chi connectivity index (χ0n) is 34.3. The number of alkyl halides is 3. The highest BCUT2D eigenvalue weighted by atomic mass is 19.4. The van der Waals surface area contributed by atoms with Gasteiger partial charge in [-0.1, -0.05) is 38.3 Å². The number of rotatable bonds is 10. The molecule has 6 bridgehead atoms. The molecule has 0 radical (unpaired) electrons. The van der Waals surface area contributed by atoms with Crippen LogP contribution in [0.3, 0.4) is 0 Å². The van der Waals surface area contributed by atoms with Crippen LogP contribution in [0.5, 0.6) is 0 Å². The summed E-state index contributed by atoms with van der Waals surface area (Å²) in [6.45, 7) is 20.6. The first-order valence-electron chi connectivity index (χ1n) is 20.0. The molecule has 0 aliphatic heterocycles. The molecule has 7 aliphatic carbocycles. The highest BCUT2D eigenvalue weighted by Gasteiger charge is 2.57. The van der Waals surface area contributed by atoms with Crippen LogP contribution in [0.15, 0.2) is 50.1 Å². The molecule has 8 nitrogen and oxygen atoms in total. The third-order valence-corrected chi connectivity index (χ3v) is 12.4. The minimum Gasteiger partial charge on any atom is -0.457 e. The van der Waals surface area contributed by atoms with Crippen LogP contribution in [0.25, 0.3) is 0 Å². The summed E-state index contributed by atoms with van der Waals surface area (Å²) in [4.78, 5) is 32.9. The van der Waals surface area contributed by atoms with Gasteiger partial charge in [0.2, 0.25) is 0 Å². The molecular weight excluding hydrogens is 713 g/mol. The number of carbonyl (C=O) groups excluding carboxylic acids is 3. The fourth-order valence-electron chi connectivity index (χ4n) is 9.65. The SMILES string of the molecule is C=CC(=O)OC(C)(C)C.C=CC(=O)OC1(C)C2CC3CC(C2)CC1C3.C=CC(=O)OC1(C)CCCCC1.COCOC(C)(CC1CC2C=CC1C2)C(F)(F)F. The van der Waals surface area contributed by atoms with Crippen molar-refractivity contribution in [1.82, 2.24) is 0 Å². The van der Waals surface area contributed by atoms with E-state index in [4.69, 9.17) is 18.9 Å². The number of allylic oxidation sites excluding steroid dienone is 2.